The van der Waals surface area contributed by atoms with Crippen LogP contribution in [0.1, 0.15) is 27.7 Å². The van der Waals surface area contributed by atoms with Crippen LogP contribution in [0.15, 0.2) is 24.3 Å². The van der Waals surface area contributed by atoms with Crippen LogP contribution in [-0.2, 0) is 4.74 Å². The number of carbonyl (C=O) groups is 1. The summed E-state index contributed by atoms with van der Waals surface area (Å²) in [7, 11) is 0. The van der Waals surface area contributed by atoms with E-state index in [9.17, 15) is 4.79 Å². The Morgan fingerprint density at radius 2 is 1.81 bits per heavy atom. The first-order valence-corrected chi connectivity index (χ1v) is 7.42. The molecule has 1 fully saturated rings. The number of morpholine rings is 1. The number of ether oxygens (including phenoxy) is 2. The summed E-state index contributed by atoms with van der Waals surface area (Å²) in [5.74, 6) is 0.802. The second-order valence-electron chi connectivity index (χ2n) is 5.78. The molecule has 2 atom stereocenters. The van der Waals surface area contributed by atoms with Gasteiger partial charge in [-0.1, -0.05) is 0 Å². The maximum Gasteiger partial charge on any atom is 0.322 e. The van der Waals surface area contributed by atoms with Crippen LogP contribution in [0, 0.1) is 0 Å². The molecule has 0 aromatic heterocycles. The lowest BCUT2D eigenvalue weighted by Gasteiger charge is -2.35. The van der Waals surface area contributed by atoms with E-state index in [2.05, 4.69) is 5.32 Å². The van der Waals surface area contributed by atoms with Crippen LogP contribution in [-0.4, -0.2) is 42.3 Å². The van der Waals surface area contributed by atoms with Gasteiger partial charge in [-0.05, 0) is 52.0 Å². The van der Waals surface area contributed by atoms with Crippen molar-refractivity contribution in [3.63, 3.8) is 0 Å². The third-order valence-electron chi connectivity index (χ3n) is 3.18. The van der Waals surface area contributed by atoms with Crippen LogP contribution in [0.25, 0.3) is 0 Å². The standard InChI is InChI=1S/C16H24N2O3/c1-11(2)20-15-7-5-14(6-8-15)17-16(19)18-9-12(3)21-13(4)10-18/h5-8,11-13H,9-10H2,1-4H3,(H,17,19). The van der Waals surface area contributed by atoms with Crippen LogP contribution < -0.4 is 10.1 Å². The topological polar surface area (TPSA) is 50.8 Å². The average Bonchev–Trinajstić information content (AvgIpc) is 2.39. The number of urea groups is 1. The van der Waals surface area contributed by atoms with Crippen molar-refractivity contribution in [3.8, 4) is 5.75 Å². The second kappa shape index (κ2) is 6.80. The number of nitrogens with one attached hydrogen (secondary N) is 1. The molecule has 5 heteroatoms. The van der Waals surface area contributed by atoms with Crippen LogP contribution in [0.3, 0.4) is 0 Å². The molecule has 1 N–H and O–H groups in total. The van der Waals surface area contributed by atoms with Crippen molar-refractivity contribution in [2.45, 2.75) is 46.0 Å². The molecule has 2 rings (SSSR count). The maximum atomic E-state index is 12.2. The van der Waals surface area contributed by atoms with Crippen molar-refractivity contribution in [3.05, 3.63) is 24.3 Å². The molecule has 2 unspecified atom stereocenters. The fourth-order valence-corrected chi connectivity index (χ4v) is 2.44. The SMILES string of the molecule is CC(C)Oc1ccc(NC(=O)N2CC(C)OC(C)C2)cc1. The predicted octanol–water partition coefficient (Wildman–Crippen LogP) is 3.11. The Hall–Kier alpha value is -1.75. The summed E-state index contributed by atoms with van der Waals surface area (Å²) in [6.45, 7) is 9.16. The van der Waals surface area contributed by atoms with E-state index in [0.717, 1.165) is 11.4 Å². The van der Waals surface area contributed by atoms with E-state index in [1.54, 1.807) is 4.90 Å². The van der Waals surface area contributed by atoms with Crippen LogP contribution in [0.5, 0.6) is 5.75 Å². The van der Waals surface area contributed by atoms with E-state index >= 15 is 0 Å². The number of carbonyl (C=O) groups excluding carboxylic acids is 1. The Morgan fingerprint density at radius 3 is 2.33 bits per heavy atom. The highest BCUT2D eigenvalue weighted by molar-refractivity contribution is 5.89. The number of benzene rings is 1. The molecule has 2 amide bonds. The van der Waals surface area contributed by atoms with Crippen molar-refractivity contribution in [2.24, 2.45) is 0 Å². The van der Waals surface area contributed by atoms with E-state index in [-0.39, 0.29) is 24.3 Å². The van der Waals surface area contributed by atoms with E-state index in [1.807, 2.05) is 52.0 Å². The molecule has 0 aliphatic carbocycles. The van der Waals surface area contributed by atoms with Gasteiger partial charge in [0.25, 0.3) is 0 Å². The normalized spacial score (nSPS) is 22.2. The zero-order valence-corrected chi connectivity index (χ0v) is 13.1. The molecule has 116 valence electrons. The van der Waals surface area contributed by atoms with Crippen molar-refractivity contribution in [1.29, 1.82) is 0 Å². The number of rotatable bonds is 3. The molecule has 0 radical (unpaired) electrons. The van der Waals surface area contributed by atoms with Crippen molar-refractivity contribution >= 4 is 11.7 Å². The Kier molecular flexibility index (Phi) is 5.07. The Morgan fingerprint density at radius 1 is 1.24 bits per heavy atom. The van der Waals surface area contributed by atoms with E-state index < -0.39 is 0 Å². The van der Waals surface area contributed by atoms with Gasteiger partial charge in [-0.25, -0.2) is 4.79 Å². The Bertz CT molecular complexity index is 463. The smallest absolute Gasteiger partial charge is 0.322 e. The summed E-state index contributed by atoms with van der Waals surface area (Å²) < 4.78 is 11.2. The van der Waals surface area contributed by atoms with Gasteiger partial charge in [0.1, 0.15) is 5.75 Å². The number of hydrogen-bond donors (Lipinski definition) is 1. The lowest BCUT2D eigenvalue weighted by atomic mass is 10.2. The quantitative estimate of drug-likeness (QED) is 0.931. The van der Waals surface area contributed by atoms with Crippen LogP contribution >= 0.6 is 0 Å². The summed E-state index contributed by atoms with van der Waals surface area (Å²) in [5, 5.41) is 2.91. The predicted molar refractivity (Wildman–Crippen MR) is 82.8 cm³/mol. The monoisotopic (exact) mass is 292 g/mol. The summed E-state index contributed by atoms with van der Waals surface area (Å²) in [4.78, 5) is 14.0. The Labute approximate surface area is 126 Å². The van der Waals surface area contributed by atoms with Gasteiger partial charge in [0.15, 0.2) is 0 Å². The number of amides is 2. The molecule has 0 spiro atoms. The largest absolute Gasteiger partial charge is 0.491 e. The zero-order chi connectivity index (χ0) is 15.4. The van der Waals surface area contributed by atoms with Crippen molar-refractivity contribution in [2.75, 3.05) is 18.4 Å². The summed E-state index contributed by atoms with van der Waals surface area (Å²) >= 11 is 0. The van der Waals surface area contributed by atoms with Gasteiger partial charge in [0.05, 0.1) is 18.3 Å². The molecule has 1 aromatic rings. The highest BCUT2D eigenvalue weighted by Crippen LogP contribution is 2.18. The molecule has 21 heavy (non-hydrogen) atoms. The molecular formula is C16H24N2O3. The van der Waals surface area contributed by atoms with Crippen molar-refractivity contribution < 1.29 is 14.3 Å². The molecule has 1 aromatic carbocycles. The molecular weight excluding hydrogens is 268 g/mol. The molecule has 0 bridgehead atoms. The highest BCUT2D eigenvalue weighted by atomic mass is 16.5. The van der Waals surface area contributed by atoms with Crippen molar-refractivity contribution in [1.82, 2.24) is 4.90 Å². The third-order valence-corrected chi connectivity index (χ3v) is 3.18. The number of nitrogens with zero attached hydrogens (tertiary/aromatic N) is 1. The van der Waals surface area contributed by atoms with Crippen LogP contribution in [0.4, 0.5) is 10.5 Å². The minimum atomic E-state index is -0.0884. The number of anilines is 1. The second-order valence-corrected chi connectivity index (χ2v) is 5.78. The molecule has 1 saturated heterocycles. The Balaban J connectivity index is 1.93. The van der Waals surface area contributed by atoms with Gasteiger partial charge in [0.2, 0.25) is 0 Å². The van der Waals surface area contributed by atoms with E-state index in [1.165, 1.54) is 0 Å². The first-order valence-electron chi connectivity index (χ1n) is 7.42. The van der Waals surface area contributed by atoms with Gasteiger partial charge in [-0.3, -0.25) is 0 Å². The lowest BCUT2D eigenvalue weighted by molar-refractivity contribution is -0.0530. The van der Waals surface area contributed by atoms with Gasteiger partial charge in [-0.15, -0.1) is 0 Å². The molecule has 0 saturated carbocycles. The summed E-state index contributed by atoms with van der Waals surface area (Å²) in [5.41, 5.74) is 0.767. The van der Waals surface area contributed by atoms with Crippen LogP contribution in [0.2, 0.25) is 0 Å². The van der Waals surface area contributed by atoms with E-state index in [4.69, 9.17) is 9.47 Å². The number of hydrogen-bond acceptors (Lipinski definition) is 3. The fourth-order valence-electron chi connectivity index (χ4n) is 2.44. The highest BCUT2D eigenvalue weighted by Gasteiger charge is 2.25. The molecule has 1 aliphatic heterocycles. The minimum Gasteiger partial charge on any atom is -0.491 e. The first-order chi connectivity index (χ1) is 9.94. The fraction of sp³-hybridized carbons (Fsp3) is 0.562. The summed E-state index contributed by atoms with van der Waals surface area (Å²) in [6, 6.07) is 7.33. The maximum absolute atomic E-state index is 12.2. The lowest BCUT2D eigenvalue weighted by Crippen LogP contribution is -2.49. The average molecular weight is 292 g/mol. The zero-order valence-electron chi connectivity index (χ0n) is 13.1. The van der Waals surface area contributed by atoms with Gasteiger partial charge in [-0.2, -0.15) is 0 Å². The molecule has 1 aliphatic rings. The van der Waals surface area contributed by atoms with Gasteiger partial charge in [0, 0.05) is 18.8 Å². The minimum absolute atomic E-state index is 0.0707. The van der Waals surface area contributed by atoms with E-state index in [0.29, 0.717) is 13.1 Å². The van der Waals surface area contributed by atoms with Gasteiger partial charge >= 0.3 is 6.03 Å². The van der Waals surface area contributed by atoms with Gasteiger partial charge < -0.3 is 19.7 Å². The first kappa shape index (κ1) is 15.6. The summed E-state index contributed by atoms with van der Waals surface area (Å²) in [6.07, 6.45) is 0.282. The third kappa shape index (κ3) is 4.63. The molecule has 5 nitrogen and oxygen atoms in total. The molecule has 1 heterocycles.